The SMILES string of the molecule is Nc1ccc(C(S)C(P(=O)(O)O)P(=O)(O)O)cc1. The molecule has 1 aromatic rings. The van der Waals surface area contributed by atoms with Crippen LogP contribution in [-0.4, -0.2) is 25.0 Å². The molecule has 0 saturated heterocycles. The van der Waals surface area contributed by atoms with Crippen LogP contribution in [0.3, 0.4) is 0 Å². The average Bonchev–Trinajstić information content (AvgIpc) is 2.13. The molecular weight excluding hydrogens is 300 g/mol. The van der Waals surface area contributed by atoms with E-state index in [-0.39, 0.29) is 5.56 Å². The second kappa shape index (κ2) is 5.35. The highest BCUT2D eigenvalue weighted by Crippen LogP contribution is 2.65. The minimum Gasteiger partial charge on any atom is -0.399 e. The van der Waals surface area contributed by atoms with Gasteiger partial charge in [-0.25, -0.2) is 0 Å². The summed E-state index contributed by atoms with van der Waals surface area (Å²) in [5.74, 6) is 0. The molecule has 0 aliphatic carbocycles. The van der Waals surface area contributed by atoms with Crippen LogP contribution in [0.1, 0.15) is 10.8 Å². The van der Waals surface area contributed by atoms with E-state index in [9.17, 15) is 9.13 Å². The zero-order valence-electron chi connectivity index (χ0n) is 8.99. The van der Waals surface area contributed by atoms with Gasteiger partial charge in [-0.2, -0.15) is 12.6 Å². The van der Waals surface area contributed by atoms with E-state index in [1.165, 1.54) is 24.3 Å². The van der Waals surface area contributed by atoms with Crippen molar-refractivity contribution < 1.29 is 28.7 Å². The van der Waals surface area contributed by atoms with E-state index in [2.05, 4.69) is 12.6 Å². The van der Waals surface area contributed by atoms with E-state index in [4.69, 9.17) is 25.3 Å². The van der Waals surface area contributed by atoms with Crippen LogP contribution in [0.4, 0.5) is 5.69 Å². The highest BCUT2D eigenvalue weighted by atomic mass is 32.1. The molecule has 1 rings (SSSR count). The Morgan fingerprint density at radius 1 is 1.00 bits per heavy atom. The minimum absolute atomic E-state index is 0.268. The molecule has 0 amide bonds. The Kier molecular flexibility index (Phi) is 4.67. The summed E-state index contributed by atoms with van der Waals surface area (Å²) < 4.78 is 22.4. The van der Waals surface area contributed by atoms with Gasteiger partial charge in [-0.1, -0.05) is 12.1 Å². The molecule has 0 aliphatic rings. The van der Waals surface area contributed by atoms with Crippen molar-refractivity contribution in [3.63, 3.8) is 0 Å². The van der Waals surface area contributed by atoms with Gasteiger partial charge in [0, 0.05) is 5.69 Å². The lowest BCUT2D eigenvalue weighted by Gasteiger charge is -2.25. The summed E-state index contributed by atoms with van der Waals surface area (Å²) in [7, 11) is -10.0. The summed E-state index contributed by atoms with van der Waals surface area (Å²) in [6.45, 7) is 0. The Morgan fingerprint density at radius 3 is 1.72 bits per heavy atom. The maximum Gasteiger partial charge on any atom is 0.342 e. The van der Waals surface area contributed by atoms with E-state index in [0.717, 1.165) is 0 Å². The van der Waals surface area contributed by atoms with E-state index in [0.29, 0.717) is 5.69 Å². The second-order valence-electron chi connectivity index (χ2n) is 3.70. The lowest BCUT2D eigenvalue weighted by Crippen LogP contribution is -2.15. The molecule has 102 valence electrons. The molecule has 1 aromatic carbocycles. The third-order valence-electron chi connectivity index (χ3n) is 2.25. The molecule has 0 bridgehead atoms. The molecule has 0 radical (unpaired) electrons. The highest BCUT2D eigenvalue weighted by Gasteiger charge is 2.48. The Labute approximate surface area is 109 Å². The van der Waals surface area contributed by atoms with Gasteiger partial charge in [0.2, 0.25) is 0 Å². The fourth-order valence-corrected chi connectivity index (χ4v) is 5.29. The van der Waals surface area contributed by atoms with Crippen molar-refractivity contribution >= 4 is 33.5 Å². The fourth-order valence-electron chi connectivity index (χ4n) is 1.43. The Bertz CT molecular complexity index is 487. The van der Waals surface area contributed by atoms with Gasteiger partial charge in [-0.3, -0.25) is 9.13 Å². The average molecular weight is 313 g/mol. The van der Waals surface area contributed by atoms with Crippen LogP contribution in [-0.2, 0) is 9.13 Å². The number of thiol groups is 1. The lowest BCUT2D eigenvalue weighted by molar-refractivity contribution is 0.337. The molecule has 0 spiro atoms. The molecule has 6 N–H and O–H groups in total. The molecule has 1 atom stereocenters. The number of hydrogen-bond donors (Lipinski definition) is 6. The van der Waals surface area contributed by atoms with Gasteiger partial charge in [0.25, 0.3) is 0 Å². The van der Waals surface area contributed by atoms with Crippen LogP contribution in [0.25, 0.3) is 0 Å². The van der Waals surface area contributed by atoms with Crippen LogP contribution >= 0.6 is 27.8 Å². The van der Waals surface area contributed by atoms with Crippen molar-refractivity contribution in [3.8, 4) is 0 Å². The molecule has 0 aliphatic heterocycles. The van der Waals surface area contributed by atoms with Gasteiger partial charge in [-0.05, 0) is 17.7 Å². The van der Waals surface area contributed by atoms with Crippen molar-refractivity contribution in [1.29, 1.82) is 0 Å². The Morgan fingerprint density at radius 2 is 1.39 bits per heavy atom. The smallest absolute Gasteiger partial charge is 0.342 e. The molecule has 0 fully saturated rings. The summed E-state index contributed by atoms with van der Waals surface area (Å²) in [5.41, 5.74) is 6.13. The zero-order valence-corrected chi connectivity index (χ0v) is 11.7. The highest BCUT2D eigenvalue weighted by molar-refractivity contribution is 7.83. The molecule has 0 heterocycles. The van der Waals surface area contributed by atoms with Gasteiger partial charge in [0.15, 0.2) is 5.40 Å². The monoisotopic (exact) mass is 313 g/mol. The number of nitrogens with two attached hydrogens (primary N) is 1. The van der Waals surface area contributed by atoms with Crippen LogP contribution in [0.15, 0.2) is 24.3 Å². The summed E-state index contributed by atoms with van der Waals surface area (Å²) in [6, 6.07) is 5.72. The summed E-state index contributed by atoms with van der Waals surface area (Å²) >= 11 is 3.91. The maximum absolute atomic E-state index is 11.2. The molecule has 0 aromatic heterocycles. The van der Waals surface area contributed by atoms with E-state index in [1.54, 1.807) is 0 Å². The van der Waals surface area contributed by atoms with Gasteiger partial charge < -0.3 is 25.3 Å². The van der Waals surface area contributed by atoms with Crippen molar-refractivity contribution in [2.24, 2.45) is 0 Å². The predicted octanol–water partition coefficient (Wildman–Crippen LogP) is 0.921. The lowest BCUT2D eigenvalue weighted by atomic mass is 10.1. The van der Waals surface area contributed by atoms with Crippen LogP contribution in [0, 0.1) is 0 Å². The van der Waals surface area contributed by atoms with Gasteiger partial charge in [0.1, 0.15) is 0 Å². The molecule has 7 nitrogen and oxygen atoms in total. The number of anilines is 1. The summed E-state index contributed by atoms with van der Waals surface area (Å²) in [5, 5.41) is -3.48. The summed E-state index contributed by atoms with van der Waals surface area (Å²) in [4.78, 5) is 36.2. The van der Waals surface area contributed by atoms with E-state index in [1.807, 2.05) is 0 Å². The quantitative estimate of drug-likeness (QED) is 0.276. The maximum atomic E-state index is 11.2. The third-order valence-corrected chi connectivity index (χ3v) is 7.10. The Hall–Kier alpha value is -0.330. The van der Waals surface area contributed by atoms with Crippen molar-refractivity contribution in [2.75, 3.05) is 5.73 Å². The predicted molar refractivity (Wildman–Crippen MR) is 70.5 cm³/mol. The third kappa shape index (κ3) is 3.83. The fraction of sp³-hybridized carbons (Fsp3) is 0.250. The minimum atomic E-state index is -5.00. The van der Waals surface area contributed by atoms with Crippen LogP contribution < -0.4 is 5.73 Å². The summed E-state index contributed by atoms with van der Waals surface area (Å²) in [6.07, 6.45) is 0. The topological polar surface area (TPSA) is 141 Å². The normalized spacial score (nSPS) is 14.8. The van der Waals surface area contributed by atoms with Crippen LogP contribution in [0.2, 0.25) is 0 Å². The molecule has 10 heteroatoms. The van der Waals surface area contributed by atoms with Gasteiger partial charge in [0.05, 0.1) is 5.25 Å². The number of benzene rings is 1. The first-order valence-corrected chi connectivity index (χ1v) is 8.55. The largest absolute Gasteiger partial charge is 0.399 e. The van der Waals surface area contributed by atoms with Crippen LogP contribution in [0.5, 0.6) is 0 Å². The molecular formula is C8H13NO6P2S. The van der Waals surface area contributed by atoms with Crippen molar-refractivity contribution in [1.82, 2.24) is 0 Å². The first-order valence-electron chi connectivity index (χ1n) is 4.67. The molecule has 0 saturated carbocycles. The first-order chi connectivity index (χ1) is 8.03. The number of nitrogen functional groups attached to an aromatic ring is 1. The van der Waals surface area contributed by atoms with Gasteiger partial charge >= 0.3 is 15.2 Å². The van der Waals surface area contributed by atoms with Crippen molar-refractivity contribution in [2.45, 2.75) is 10.7 Å². The molecule has 1 unspecified atom stereocenters. The number of rotatable bonds is 4. The van der Waals surface area contributed by atoms with E-state index < -0.39 is 25.8 Å². The van der Waals surface area contributed by atoms with Crippen molar-refractivity contribution in [3.05, 3.63) is 29.8 Å². The Balaban J connectivity index is 3.19. The standard InChI is InChI=1S/C8H13NO6P2S/c9-6-3-1-5(2-4-6)7(18)8(16(10,11)12)17(13,14)15/h1-4,7-8,18H,9H2,(H2,10,11,12)(H2,13,14,15). The second-order valence-corrected chi connectivity index (χ2v) is 8.14. The van der Waals surface area contributed by atoms with E-state index >= 15 is 0 Å². The molecule has 18 heavy (non-hydrogen) atoms. The first kappa shape index (κ1) is 15.7. The number of hydrogen-bond acceptors (Lipinski definition) is 4. The van der Waals surface area contributed by atoms with Gasteiger partial charge in [-0.15, -0.1) is 0 Å². The zero-order chi connectivity index (χ0) is 14.1.